The lowest BCUT2D eigenvalue weighted by atomic mass is 10.4. The van der Waals surface area contributed by atoms with E-state index in [1.807, 2.05) is 0 Å². The van der Waals surface area contributed by atoms with Crippen molar-refractivity contribution in [1.82, 2.24) is 0 Å². The third kappa shape index (κ3) is 21.0. The molecular formula is C19H42O10Si2. The molecule has 31 heavy (non-hydrogen) atoms. The molecule has 10 nitrogen and oxygen atoms in total. The van der Waals surface area contributed by atoms with Crippen molar-refractivity contribution in [3.63, 3.8) is 0 Å². The van der Waals surface area contributed by atoms with Crippen molar-refractivity contribution >= 4 is 25.3 Å². The largest absolute Gasteiger partial charge is 0.501 e. The zero-order valence-electron chi connectivity index (χ0n) is 20.1. The molecule has 0 aliphatic heterocycles. The van der Waals surface area contributed by atoms with E-state index in [1.165, 1.54) is 0 Å². The zero-order chi connectivity index (χ0) is 23.8. The van der Waals surface area contributed by atoms with E-state index in [4.69, 9.17) is 36.7 Å². The standard InChI is InChI=1S/C16H32O8Si.C3H10O2Si/c1-15(2)16(17)21-7-6-14-25(22-11-8-18-3,23-12-9-19-4)24-13-10-20-5;1-4-2-3-5-6/h1,6-14H2,2-5H3;2-3H2,1,6H3. The van der Waals surface area contributed by atoms with Crippen LogP contribution in [0.5, 0.6) is 0 Å². The lowest BCUT2D eigenvalue weighted by molar-refractivity contribution is -0.139. The number of ether oxygens (including phenoxy) is 5. The van der Waals surface area contributed by atoms with Crippen LogP contribution >= 0.6 is 0 Å². The van der Waals surface area contributed by atoms with Gasteiger partial charge in [0, 0.05) is 40.1 Å². The summed E-state index contributed by atoms with van der Waals surface area (Å²) in [4.78, 5) is 11.4. The topological polar surface area (TPSA) is 100 Å². The molecule has 0 atom stereocenters. The van der Waals surface area contributed by atoms with Crippen LogP contribution in [0.1, 0.15) is 13.3 Å². The molecule has 0 saturated heterocycles. The Morgan fingerprint density at radius 3 is 1.48 bits per heavy atom. The molecule has 0 radical (unpaired) electrons. The summed E-state index contributed by atoms with van der Waals surface area (Å²) in [6.45, 7) is 9.24. The molecule has 12 heteroatoms. The lowest BCUT2D eigenvalue weighted by Crippen LogP contribution is -2.48. The molecule has 0 fully saturated rings. The molecule has 0 aliphatic rings. The third-order valence-electron chi connectivity index (χ3n) is 3.53. The Morgan fingerprint density at radius 1 is 0.742 bits per heavy atom. The van der Waals surface area contributed by atoms with Crippen LogP contribution in [-0.4, -0.2) is 113 Å². The molecule has 0 aromatic heterocycles. The molecule has 0 aliphatic carbocycles. The highest BCUT2D eigenvalue weighted by Gasteiger charge is 2.41. The van der Waals surface area contributed by atoms with Gasteiger partial charge in [0.1, 0.15) is 10.5 Å². The van der Waals surface area contributed by atoms with Gasteiger partial charge in [0.25, 0.3) is 0 Å². The Kier molecular flexibility index (Phi) is 25.1. The summed E-state index contributed by atoms with van der Waals surface area (Å²) >= 11 is 0. The van der Waals surface area contributed by atoms with Crippen LogP contribution in [0.2, 0.25) is 6.04 Å². The minimum absolute atomic E-state index is 0.245. The summed E-state index contributed by atoms with van der Waals surface area (Å²) in [7, 11) is 4.33. The summed E-state index contributed by atoms with van der Waals surface area (Å²) in [6.07, 6.45) is 0.554. The average molecular weight is 487 g/mol. The van der Waals surface area contributed by atoms with E-state index < -0.39 is 14.8 Å². The Morgan fingerprint density at radius 2 is 1.16 bits per heavy atom. The number of hydrogen-bond acceptors (Lipinski definition) is 10. The monoisotopic (exact) mass is 486 g/mol. The molecule has 0 amide bonds. The maximum Gasteiger partial charge on any atom is 0.501 e. The summed E-state index contributed by atoms with van der Waals surface area (Å²) in [5.41, 5.74) is 0.368. The van der Waals surface area contributed by atoms with Crippen LogP contribution in [0, 0.1) is 0 Å². The van der Waals surface area contributed by atoms with Crippen LogP contribution in [0.15, 0.2) is 12.2 Å². The summed E-state index contributed by atoms with van der Waals surface area (Å²) in [5, 5.41) is 0. The number of methoxy groups -OCH3 is 4. The van der Waals surface area contributed by atoms with Gasteiger partial charge < -0.3 is 41.4 Å². The number of esters is 1. The molecule has 186 valence electrons. The molecule has 0 heterocycles. The predicted molar refractivity (Wildman–Crippen MR) is 122 cm³/mol. The maximum absolute atomic E-state index is 11.4. The Balaban J connectivity index is 0. The molecule has 0 saturated carbocycles. The third-order valence-corrected chi connectivity index (χ3v) is 6.83. The first kappa shape index (κ1) is 32.5. The fourth-order valence-corrected chi connectivity index (χ4v) is 4.54. The first-order valence-corrected chi connectivity index (χ1v) is 12.9. The Bertz CT molecular complexity index is 396. The van der Waals surface area contributed by atoms with Crippen LogP contribution in [0.3, 0.4) is 0 Å². The van der Waals surface area contributed by atoms with Gasteiger partial charge in [-0.25, -0.2) is 4.79 Å². The molecule has 0 bridgehead atoms. The van der Waals surface area contributed by atoms with Gasteiger partial charge >= 0.3 is 14.8 Å². The average Bonchev–Trinajstić information content (AvgIpc) is 2.76. The van der Waals surface area contributed by atoms with Crippen molar-refractivity contribution in [2.45, 2.75) is 19.4 Å². The molecule has 0 spiro atoms. The van der Waals surface area contributed by atoms with E-state index in [0.29, 0.717) is 57.7 Å². The van der Waals surface area contributed by atoms with Crippen molar-refractivity contribution in [3.05, 3.63) is 12.2 Å². The highest BCUT2D eigenvalue weighted by Crippen LogP contribution is 2.18. The smallest absolute Gasteiger partial charge is 0.462 e. The molecular weight excluding hydrogens is 444 g/mol. The van der Waals surface area contributed by atoms with Gasteiger partial charge in [0.15, 0.2) is 0 Å². The molecule has 0 rings (SSSR count). The normalized spacial score (nSPS) is 11.1. The number of rotatable bonds is 20. The van der Waals surface area contributed by atoms with E-state index in [2.05, 4.69) is 11.3 Å². The SMILES string of the molecule is C=C(C)C(=O)OCCC[Si](OCCOC)(OCCOC)OCCOC.COCCO[SiH3]. The van der Waals surface area contributed by atoms with Gasteiger partial charge in [-0.1, -0.05) is 6.58 Å². The van der Waals surface area contributed by atoms with Gasteiger partial charge in [0.2, 0.25) is 0 Å². The Hall–Kier alpha value is -0.676. The van der Waals surface area contributed by atoms with Gasteiger partial charge in [-0.3, -0.25) is 0 Å². The number of carbonyl (C=O) groups excluding carboxylic acids is 1. The first-order valence-electron chi connectivity index (χ1n) is 10.1. The minimum Gasteiger partial charge on any atom is -0.462 e. The van der Waals surface area contributed by atoms with Crippen LogP contribution < -0.4 is 0 Å². The summed E-state index contributed by atoms with van der Waals surface area (Å²) in [5.74, 6) is -0.409. The van der Waals surface area contributed by atoms with E-state index in [1.54, 1.807) is 35.4 Å². The van der Waals surface area contributed by atoms with Crippen LogP contribution in [-0.2, 0) is 46.2 Å². The van der Waals surface area contributed by atoms with Gasteiger partial charge in [-0.2, -0.15) is 0 Å². The second-order valence-corrected chi connectivity index (χ2v) is 9.52. The van der Waals surface area contributed by atoms with Crippen molar-refractivity contribution in [2.75, 3.05) is 87.9 Å². The van der Waals surface area contributed by atoms with Gasteiger partial charge in [0.05, 0.1) is 59.5 Å². The van der Waals surface area contributed by atoms with Crippen molar-refractivity contribution in [2.24, 2.45) is 0 Å². The minimum atomic E-state index is -2.96. The van der Waals surface area contributed by atoms with E-state index in [0.717, 1.165) is 23.7 Å². The van der Waals surface area contributed by atoms with Gasteiger partial charge in [-0.15, -0.1) is 0 Å². The summed E-state index contributed by atoms with van der Waals surface area (Å²) in [6, 6.07) is 0.508. The fraction of sp³-hybridized carbons (Fsp3) is 0.842. The second kappa shape index (κ2) is 24.0. The molecule has 0 aromatic carbocycles. The van der Waals surface area contributed by atoms with Crippen molar-refractivity contribution < 1.29 is 46.2 Å². The number of hydrogen-bond donors (Lipinski definition) is 0. The quantitative estimate of drug-likeness (QED) is 0.104. The molecule has 0 aromatic rings. The van der Waals surface area contributed by atoms with Crippen LogP contribution in [0.4, 0.5) is 0 Å². The highest BCUT2D eigenvalue weighted by molar-refractivity contribution is 6.60. The zero-order valence-corrected chi connectivity index (χ0v) is 23.1. The first-order chi connectivity index (χ1) is 14.9. The molecule has 0 N–H and O–H groups in total. The second-order valence-electron chi connectivity index (χ2n) is 6.21. The van der Waals surface area contributed by atoms with Crippen molar-refractivity contribution in [1.29, 1.82) is 0 Å². The molecule has 0 unspecified atom stereocenters. The van der Waals surface area contributed by atoms with E-state index in [9.17, 15) is 4.79 Å². The maximum atomic E-state index is 11.4. The van der Waals surface area contributed by atoms with Gasteiger partial charge in [-0.05, 0) is 13.3 Å². The van der Waals surface area contributed by atoms with Crippen LogP contribution in [0.25, 0.3) is 0 Å². The highest BCUT2D eigenvalue weighted by atomic mass is 28.4. The van der Waals surface area contributed by atoms with E-state index in [-0.39, 0.29) is 6.61 Å². The number of carbonyl (C=O) groups is 1. The lowest BCUT2D eigenvalue weighted by Gasteiger charge is -2.29. The van der Waals surface area contributed by atoms with Crippen molar-refractivity contribution in [3.8, 4) is 0 Å². The Labute approximate surface area is 191 Å². The predicted octanol–water partition coefficient (Wildman–Crippen LogP) is 0.354. The van der Waals surface area contributed by atoms with E-state index >= 15 is 0 Å². The fourth-order valence-electron chi connectivity index (χ4n) is 1.93. The summed E-state index contributed by atoms with van der Waals surface area (Å²) < 4.78 is 47.4.